The molecule has 0 aliphatic carbocycles. The molecule has 0 spiro atoms. The van der Waals surface area contributed by atoms with Gasteiger partial charge in [0.2, 0.25) is 9.84 Å². The van der Waals surface area contributed by atoms with Gasteiger partial charge in [-0.15, -0.1) is 11.6 Å². The zero-order chi connectivity index (χ0) is 24.6. The Morgan fingerprint density at radius 3 is 2.09 bits per heavy atom. The number of sulfone groups is 1. The molecular weight excluding hydrogens is 515 g/mol. The van der Waals surface area contributed by atoms with Crippen LogP contribution in [-0.2, 0) is 24.1 Å². The lowest BCUT2D eigenvalue weighted by atomic mass is 10.2. The molecule has 0 heterocycles. The highest BCUT2D eigenvalue weighted by Gasteiger charge is 2.22. The van der Waals surface area contributed by atoms with Gasteiger partial charge in [0.15, 0.2) is 5.75 Å². The highest BCUT2D eigenvalue weighted by Crippen LogP contribution is 2.37. The highest BCUT2D eigenvalue weighted by atomic mass is 35.5. The third-order valence-electron chi connectivity index (χ3n) is 4.32. The zero-order valence-corrected chi connectivity index (χ0v) is 21.4. The van der Waals surface area contributed by atoms with Gasteiger partial charge >= 0.3 is 5.97 Å². The average molecular weight is 540 g/mol. The molecule has 33 heavy (non-hydrogen) atoms. The van der Waals surface area contributed by atoms with Gasteiger partial charge < -0.3 is 18.9 Å². The first-order valence-electron chi connectivity index (χ1n) is 9.90. The van der Waals surface area contributed by atoms with Gasteiger partial charge in [-0.2, -0.15) is 0 Å². The van der Waals surface area contributed by atoms with Crippen molar-refractivity contribution in [2.24, 2.45) is 5.92 Å². The van der Waals surface area contributed by atoms with E-state index >= 15 is 0 Å². The zero-order valence-electron chi connectivity index (χ0n) is 18.3. The molecule has 0 radical (unpaired) electrons. The number of rotatable bonds is 12. The van der Waals surface area contributed by atoms with Crippen LogP contribution in [0.2, 0.25) is 10.0 Å². The van der Waals surface area contributed by atoms with Crippen molar-refractivity contribution < 1.29 is 32.2 Å². The molecule has 0 saturated heterocycles. The molecule has 0 N–H and O–H groups in total. The molecule has 0 amide bonds. The number of hydrogen-bond donors (Lipinski definition) is 0. The van der Waals surface area contributed by atoms with E-state index in [1.807, 2.05) is 6.92 Å². The van der Waals surface area contributed by atoms with Crippen LogP contribution in [0.3, 0.4) is 0 Å². The number of alkyl halides is 1. The topological polar surface area (TPSA) is 88.1 Å². The Morgan fingerprint density at radius 2 is 1.58 bits per heavy atom. The molecule has 7 nitrogen and oxygen atoms in total. The standard InChI is InChI=1S/C22H25Cl3O7S/c1-14(11-29-3)12-30-16-4-6-18(7-5-16)33(27,28)19-8-20(24)22(21(25)9-19)31-13-17(10-23)32-15(2)26/h4-9,14,17H,10-13H2,1-3H3/t14-,17-/m0/s1. The van der Waals surface area contributed by atoms with Gasteiger partial charge in [0.25, 0.3) is 0 Å². The van der Waals surface area contributed by atoms with Crippen LogP contribution in [0.15, 0.2) is 46.2 Å². The van der Waals surface area contributed by atoms with E-state index in [0.717, 1.165) is 0 Å². The summed E-state index contributed by atoms with van der Waals surface area (Å²) in [6.07, 6.45) is -0.710. The van der Waals surface area contributed by atoms with Gasteiger partial charge in [0.1, 0.15) is 18.5 Å². The summed E-state index contributed by atoms with van der Waals surface area (Å²) >= 11 is 18.2. The average Bonchev–Trinajstić information content (AvgIpc) is 2.76. The second-order valence-electron chi connectivity index (χ2n) is 7.26. The van der Waals surface area contributed by atoms with Gasteiger partial charge in [0.05, 0.1) is 38.9 Å². The first-order valence-corrected chi connectivity index (χ1v) is 12.7. The summed E-state index contributed by atoms with van der Waals surface area (Å²) in [5.41, 5.74) is 0. The lowest BCUT2D eigenvalue weighted by Crippen LogP contribution is -2.25. The molecule has 2 aromatic carbocycles. The van der Waals surface area contributed by atoms with Crippen LogP contribution in [-0.4, -0.2) is 53.3 Å². The molecular formula is C22H25Cl3O7S. The molecule has 0 fully saturated rings. The van der Waals surface area contributed by atoms with E-state index in [9.17, 15) is 13.2 Å². The number of carbonyl (C=O) groups is 1. The predicted octanol–water partition coefficient (Wildman–Crippen LogP) is 5.04. The Labute approximate surface area is 208 Å². The predicted molar refractivity (Wildman–Crippen MR) is 127 cm³/mol. The van der Waals surface area contributed by atoms with Crippen LogP contribution in [0.25, 0.3) is 0 Å². The summed E-state index contributed by atoms with van der Waals surface area (Å²) in [7, 11) is -2.28. The number of hydrogen-bond acceptors (Lipinski definition) is 7. The van der Waals surface area contributed by atoms with Crippen molar-refractivity contribution >= 4 is 50.6 Å². The Kier molecular flexibility index (Phi) is 10.6. The Hall–Kier alpha value is -1.71. The summed E-state index contributed by atoms with van der Waals surface area (Å²) in [4.78, 5) is 11.1. The van der Waals surface area contributed by atoms with E-state index in [1.54, 1.807) is 19.2 Å². The summed E-state index contributed by atoms with van der Waals surface area (Å²) < 4.78 is 47.4. The fraction of sp³-hybridized carbons (Fsp3) is 0.409. The second kappa shape index (κ2) is 12.7. The summed E-state index contributed by atoms with van der Waals surface area (Å²) in [6, 6.07) is 8.54. The summed E-state index contributed by atoms with van der Waals surface area (Å²) in [6.45, 7) is 4.13. The summed E-state index contributed by atoms with van der Waals surface area (Å²) in [5, 5.41) is -0.0198. The molecule has 0 saturated carbocycles. The maximum atomic E-state index is 13.1. The van der Waals surface area contributed by atoms with E-state index in [4.69, 9.17) is 53.8 Å². The van der Waals surface area contributed by atoms with Crippen molar-refractivity contribution in [3.63, 3.8) is 0 Å². The van der Waals surface area contributed by atoms with Gasteiger partial charge in [0, 0.05) is 20.0 Å². The van der Waals surface area contributed by atoms with Crippen LogP contribution < -0.4 is 9.47 Å². The van der Waals surface area contributed by atoms with Crippen molar-refractivity contribution in [2.45, 2.75) is 29.7 Å². The molecule has 0 unspecified atom stereocenters. The molecule has 182 valence electrons. The van der Waals surface area contributed by atoms with Crippen LogP contribution in [0.5, 0.6) is 11.5 Å². The van der Waals surface area contributed by atoms with Gasteiger partial charge in [-0.05, 0) is 36.4 Å². The van der Waals surface area contributed by atoms with E-state index in [1.165, 1.54) is 31.2 Å². The largest absolute Gasteiger partial charge is 0.493 e. The maximum absolute atomic E-state index is 13.1. The third kappa shape index (κ3) is 7.93. The SMILES string of the molecule is COC[C@H](C)COc1ccc(S(=O)(=O)c2cc(Cl)c(OC[C@H](CCl)OC(C)=O)c(Cl)c2)cc1. The highest BCUT2D eigenvalue weighted by molar-refractivity contribution is 7.91. The van der Waals surface area contributed by atoms with Crippen molar-refractivity contribution in [1.82, 2.24) is 0 Å². The number of halogens is 3. The molecule has 0 aliphatic heterocycles. The molecule has 0 bridgehead atoms. The minimum absolute atomic E-state index is 0.00623. The van der Waals surface area contributed by atoms with E-state index in [-0.39, 0.29) is 44.0 Å². The lowest BCUT2D eigenvalue weighted by Gasteiger charge is -2.17. The molecule has 2 atom stereocenters. The van der Waals surface area contributed by atoms with Crippen molar-refractivity contribution in [1.29, 1.82) is 0 Å². The quantitative estimate of drug-likeness (QED) is 0.276. The Bertz CT molecular complexity index is 1020. The lowest BCUT2D eigenvalue weighted by molar-refractivity contribution is -0.146. The third-order valence-corrected chi connectivity index (χ3v) is 6.97. The van der Waals surface area contributed by atoms with Gasteiger partial charge in [-0.1, -0.05) is 30.1 Å². The van der Waals surface area contributed by atoms with Crippen molar-refractivity contribution in [2.75, 3.05) is 32.8 Å². The number of esters is 1. The molecule has 11 heteroatoms. The minimum Gasteiger partial charge on any atom is -0.493 e. The number of carbonyl (C=O) groups excluding carboxylic acids is 1. The monoisotopic (exact) mass is 538 g/mol. The van der Waals surface area contributed by atoms with E-state index in [2.05, 4.69) is 0 Å². The minimum atomic E-state index is -3.90. The van der Waals surface area contributed by atoms with Crippen LogP contribution >= 0.6 is 34.8 Å². The molecule has 2 aromatic rings. The molecule has 2 rings (SSSR count). The normalized spacial score (nSPS) is 13.3. The van der Waals surface area contributed by atoms with Crippen LogP contribution in [0, 0.1) is 5.92 Å². The first-order chi connectivity index (χ1) is 15.6. The molecule has 0 aromatic heterocycles. The first kappa shape index (κ1) is 27.5. The number of benzene rings is 2. The van der Waals surface area contributed by atoms with E-state index in [0.29, 0.717) is 19.0 Å². The van der Waals surface area contributed by atoms with Gasteiger partial charge in [-0.3, -0.25) is 4.79 Å². The van der Waals surface area contributed by atoms with Crippen molar-refractivity contribution in [3.8, 4) is 11.5 Å². The smallest absolute Gasteiger partial charge is 0.303 e. The second-order valence-corrected chi connectivity index (χ2v) is 10.3. The molecule has 0 aliphatic rings. The van der Waals surface area contributed by atoms with Crippen LogP contribution in [0.4, 0.5) is 0 Å². The fourth-order valence-corrected chi connectivity index (χ4v) is 4.96. The van der Waals surface area contributed by atoms with Crippen LogP contribution in [0.1, 0.15) is 13.8 Å². The van der Waals surface area contributed by atoms with E-state index < -0.39 is 21.9 Å². The maximum Gasteiger partial charge on any atom is 0.303 e. The number of methoxy groups -OCH3 is 1. The number of ether oxygens (including phenoxy) is 4. The fourth-order valence-electron chi connectivity index (χ4n) is 2.77. The Morgan fingerprint density at radius 1 is 0.970 bits per heavy atom. The van der Waals surface area contributed by atoms with Gasteiger partial charge in [-0.25, -0.2) is 8.42 Å². The van der Waals surface area contributed by atoms with Crippen molar-refractivity contribution in [3.05, 3.63) is 46.4 Å². The Balaban J connectivity index is 2.16. The summed E-state index contributed by atoms with van der Waals surface area (Å²) in [5.74, 6) is 0.291.